The number of nitrogens with one attached hydrogen (secondary N) is 1. The molecule has 0 saturated heterocycles. The highest BCUT2D eigenvalue weighted by molar-refractivity contribution is 5.89. The molecule has 0 bridgehead atoms. The fraction of sp³-hybridized carbons (Fsp3) is 0.400. The monoisotopic (exact) mass is 296 g/mol. The molecule has 110 valence electrons. The lowest BCUT2D eigenvalue weighted by Gasteiger charge is -2.03. The molecule has 0 unspecified atom stereocenters. The lowest BCUT2D eigenvalue weighted by Crippen LogP contribution is -2.27. The topological polar surface area (TPSA) is 68.3 Å². The number of fused-ring (bicyclic) bond motifs is 1. The number of carbonyl (C=O) groups excluding carboxylic acids is 1. The summed E-state index contributed by atoms with van der Waals surface area (Å²) in [6.45, 7) is 5.30. The quantitative estimate of drug-likeness (QED) is 0.833. The Morgan fingerprint density at radius 3 is 2.80 bits per heavy atom. The lowest BCUT2D eigenvalue weighted by molar-refractivity contribution is -0.120. The predicted molar refractivity (Wildman–Crippen MR) is 83.3 cm³/mol. The summed E-state index contributed by atoms with van der Waals surface area (Å²) in [7, 11) is 0. The molecule has 0 fully saturated rings. The molecular formula is C15H21ClN2O2. The molecule has 0 saturated carbocycles. The van der Waals surface area contributed by atoms with Gasteiger partial charge in [0.1, 0.15) is 5.58 Å². The summed E-state index contributed by atoms with van der Waals surface area (Å²) < 4.78 is 5.59. The Bertz CT molecular complexity index is 593. The van der Waals surface area contributed by atoms with Gasteiger partial charge in [0.15, 0.2) is 0 Å². The van der Waals surface area contributed by atoms with Crippen molar-refractivity contribution in [2.45, 2.75) is 26.7 Å². The first-order valence-electron chi connectivity index (χ1n) is 6.56. The zero-order chi connectivity index (χ0) is 13.8. The van der Waals surface area contributed by atoms with Crippen LogP contribution in [-0.4, -0.2) is 19.0 Å². The Morgan fingerprint density at radius 1 is 1.35 bits per heavy atom. The van der Waals surface area contributed by atoms with Crippen LogP contribution in [0.25, 0.3) is 11.0 Å². The van der Waals surface area contributed by atoms with Crippen LogP contribution in [-0.2, 0) is 11.2 Å². The van der Waals surface area contributed by atoms with Gasteiger partial charge < -0.3 is 15.5 Å². The molecule has 1 aromatic heterocycles. The zero-order valence-corrected chi connectivity index (χ0v) is 12.7. The number of rotatable bonds is 5. The van der Waals surface area contributed by atoms with Crippen LogP contribution in [0, 0.1) is 13.8 Å². The molecule has 4 nitrogen and oxygen atoms in total. The molecule has 20 heavy (non-hydrogen) atoms. The summed E-state index contributed by atoms with van der Waals surface area (Å²) in [6, 6.07) is 4.08. The van der Waals surface area contributed by atoms with E-state index in [2.05, 4.69) is 18.3 Å². The first-order chi connectivity index (χ1) is 9.13. The van der Waals surface area contributed by atoms with Crippen molar-refractivity contribution < 1.29 is 9.21 Å². The minimum Gasteiger partial charge on any atom is -0.464 e. The van der Waals surface area contributed by atoms with Gasteiger partial charge >= 0.3 is 0 Å². The number of furan rings is 1. The van der Waals surface area contributed by atoms with Crippen molar-refractivity contribution in [3.05, 3.63) is 35.1 Å². The lowest BCUT2D eigenvalue weighted by atomic mass is 10.0. The second-order valence-electron chi connectivity index (χ2n) is 4.81. The van der Waals surface area contributed by atoms with E-state index in [9.17, 15) is 4.79 Å². The van der Waals surface area contributed by atoms with Crippen molar-refractivity contribution >= 4 is 29.3 Å². The standard InChI is InChI=1S/C15H20N2O2.ClH/c1-10-4-5-13-12(9-19-15(13)11(10)2)8-14(18)17-7-3-6-16;/h4-5,9H,3,6-8,16H2,1-2H3,(H,17,18);1H. The summed E-state index contributed by atoms with van der Waals surface area (Å²) in [6.07, 6.45) is 2.83. The van der Waals surface area contributed by atoms with Crippen molar-refractivity contribution in [2.24, 2.45) is 5.73 Å². The minimum absolute atomic E-state index is 0. The van der Waals surface area contributed by atoms with Gasteiger partial charge in [-0.1, -0.05) is 12.1 Å². The molecule has 0 aliphatic heterocycles. The highest BCUT2D eigenvalue weighted by Gasteiger charge is 2.12. The van der Waals surface area contributed by atoms with Gasteiger partial charge in [0, 0.05) is 17.5 Å². The first kappa shape index (κ1) is 16.5. The van der Waals surface area contributed by atoms with E-state index in [4.69, 9.17) is 10.2 Å². The summed E-state index contributed by atoms with van der Waals surface area (Å²) in [5.41, 5.74) is 9.53. The molecule has 0 aliphatic rings. The van der Waals surface area contributed by atoms with Crippen LogP contribution in [0.15, 0.2) is 22.8 Å². The van der Waals surface area contributed by atoms with Gasteiger partial charge in [-0.05, 0) is 37.9 Å². The minimum atomic E-state index is 0. The Hall–Kier alpha value is -1.52. The molecule has 1 aromatic carbocycles. The van der Waals surface area contributed by atoms with E-state index < -0.39 is 0 Å². The second kappa shape index (κ2) is 7.31. The number of carbonyl (C=O) groups is 1. The molecule has 2 rings (SSSR count). The summed E-state index contributed by atoms with van der Waals surface area (Å²) in [4.78, 5) is 11.8. The normalized spacial score (nSPS) is 10.3. The molecule has 0 spiro atoms. The number of hydrogen-bond donors (Lipinski definition) is 2. The third-order valence-electron chi connectivity index (χ3n) is 3.40. The maximum absolute atomic E-state index is 11.8. The largest absolute Gasteiger partial charge is 0.464 e. The van der Waals surface area contributed by atoms with Crippen molar-refractivity contribution in [3.63, 3.8) is 0 Å². The number of nitrogens with two attached hydrogens (primary N) is 1. The average molecular weight is 297 g/mol. The molecule has 2 aromatic rings. The van der Waals surface area contributed by atoms with Crippen LogP contribution in [0.4, 0.5) is 0 Å². The summed E-state index contributed by atoms with van der Waals surface area (Å²) in [5.74, 6) is 0.00868. The van der Waals surface area contributed by atoms with E-state index in [0.29, 0.717) is 19.5 Å². The predicted octanol–water partition coefficient (Wildman–Crippen LogP) is 2.48. The molecule has 0 radical (unpaired) electrons. The smallest absolute Gasteiger partial charge is 0.224 e. The third-order valence-corrected chi connectivity index (χ3v) is 3.40. The van der Waals surface area contributed by atoms with Gasteiger partial charge in [-0.25, -0.2) is 0 Å². The van der Waals surface area contributed by atoms with E-state index in [0.717, 1.165) is 28.5 Å². The van der Waals surface area contributed by atoms with Crippen LogP contribution in [0.2, 0.25) is 0 Å². The highest BCUT2D eigenvalue weighted by Crippen LogP contribution is 2.26. The van der Waals surface area contributed by atoms with Crippen LogP contribution in [0.5, 0.6) is 0 Å². The van der Waals surface area contributed by atoms with Gasteiger partial charge in [-0.15, -0.1) is 12.4 Å². The van der Waals surface area contributed by atoms with E-state index in [1.54, 1.807) is 6.26 Å². The summed E-state index contributed by atoms with van der Waals surface area (Å²) in [5, 5.41) is 3.88. The summed E-state index contributed by atoms with van der Waals surface area (Å²) >= 11 is 0. The molecule has 3 N–H and O–H groups in total. The van der Waals surface area contributed by atoms with Gasteiger partial charge in [-0.3, -0.25) is 4.79 Å². The average Bonchev–Trinajstić information content (AvgIpc) is 2.78. The molecule has 0 atom stereocenters. The zero-order valence-electron chi connectivity index (χ0n) is 11.9. The highest BCUT2D eigenvalue weighted by atomic mass is 35.5. The SMILES string of the molecule is Cc1ccc2c(CC(=O)NCCCN)coc2c1C.Cl. The van der Waals surface area contributed by atoms with Crippen molar-refractivity contribution in [1.82, 2.24) is 5.32 Å². The van der Waals surface area contributed by atoms with Gasteiger partial charge in [0.25, 0.3) is 0 Å². The number of hydrogen-bond acceptors (Lipinski definition) is 3. The van der Waals surface area contributed by atoms with Gasteiger partial charge in [0.05, 0.1) is 12.7 Å². The Balaban J connectivity index is 0.00000200. The number of amides is 1. The van der Waals surface area contributed by atoms with Crippen molar-refractivity contribution in [2.75, 3.05) is 13.1 Å². The van der Waals surface area contributed by atoms with E-state index in [-0.39, 0.29) is 18.3 Å². The van der Waals surface area contributed by atoms with Crippen molar-refractivity contribution in [1.29, 1.82) is 0 Å². The van der Waals surface area contributed by atoms with E-state index >= 15 is 0 Å². The number of aryl methyl sites for hydroxylation is 2. The van der Waals surface area contributed by atoms with Crippen molar-refractivity contribution in [3.8, 4) is 0 Å². The van der Waals surface area contributed by atoms with Crippen LogP contribution in [0.1, 0.15) is 23.1 Å². The van der Waals surface area contributed by atoms with Gasteiger partial charge in [0.2, 0.25) is 5.91 Å². The molecule has 0 aliphatic carbocycles. The fourth-order valence-corrected chi connectivity index (χ4v) is 2.09. The third kappa shape index (κ3) is 3.52. The van der Waals surface area contributed by atoms with Crippen LogP contribution >= 0.6 is 12.4 Å². The maximum atomic E-state index is 11.8. The van der Waals surface area contributed by atoms with E-state index in [1.807, 2.05) is 13.0 Å². The second-order valence-corrected chi connectivity index (χ2v) is 4.81. The van der Waals surface area contributed by atoms with Crippen LogP contribution < -0.4 is 11.1 Å². The molecule has 5 heteroatoms. The number of benzene rings is 1. The molecule has 1 heterocycles. The van der Waals surface area contributed by atoms with Gasteiger partial charge in [-0.2, -0.15) is 0 Å². The Morgan fingerprint density at radius 2 is 2.10 bits per heavy atom. The number of halogens is 1. The Kier molecular flexibility index (Phi) is 6.05. The maximum Gasteiger partial charge on any atom is 0.224 e. The first-order valence-corrected chi connectivity index (χ1v) is 6.56. The molecule has 1 amide bonds. The van der Waals surface area contributed by atoms with Crippen LogP contribution in [0.3, 0.4) is 0 Å². The van der Waals surface area contributed by atoms with E-state index in [1.165, 1.54) is 5.56 Å². The fourth-order valence-electron chi connectivity index (χ4n) is 2.09. The Labute approximate surface area is 125 Å². The molecular weight excluding hydrogens is 276 g/mol.